The van der Waals surface area contributed by atoms with Gasteiger partial charge in [-0.1, -0.05) is 12.8 Å². The third-order valence-electron chi connectivity index (χ3n) is 3.99. The minimum absolute atomic E-state index is 0.440. The zero-order valence-corrected chi connectivity index (χ0v) is 11.1. The molecule has 2 aromatic rings. The maximum absolute atomic E-state index is 11.2. The fourth-order valence-corrected chi connectivity index (χ4v) is 3.01. The normalized spacial score (nSPS) is 16.3. The average molecular weight is 261 g/mol. The lowest BCUT2D eigenvalue weighted by Crippen LogP contribution is -2.24. The van der Waals surface area contributed by atoms with E-state index in [4.69, 9.17) is 10.2 Å². The van der Waals surface area contributed by atoms with Crippen molar-refractivity contribution >= 4 is 22.5 Å². The maximum atomic E-state index is 11.2. The van der Waals surface area contributed by atoms with Crippen molar-refractivity contribution < 1.29 is 4.42 Å². The highest BCUT2D eigenvalue weighted by Gasteiger charge is 2.18. The highest BCUT2D eigenvalue weighted by molar-refractivity contribution is 5.85. The molecule has 0 atom stereocenters. The van der Waals surface area contributed by atoms with E-state index < -0.39 is 5.76 Å². The number of aromatic nitrogens is 1. The highest BCUT2D eigenvalue weighted by Crippen LogP contribution is 2.31. The van der Waals surface area contributed by atoms with Crippen molar-refractivity contribution in [2.45, 2.75) is 25.7 Å². The number of anilines is 2. The molecule has 5 nitrogen and oxygen atoms in total. The third kappa shape index (κ3) is 2.32. The van der Waals surface area contributed by atoms with Crippen LogP contribution in [0, 0.1) is 5.92 Å². The number of oxazole rings is 1. The summed E-state index contributed by atoms with van der Waals surface area (Å²) >= 11 is 0. The Bertz CT molecular complexity index is 638. The molecule has 102 valence electrons. The van der Waals surface area contributed by atoms with Gasteiger partial charge < -0.3 is 15.1 Å². The molecule has 1 aliphatic carbocycles. The van der Waals surface area contributed by atoms with Crippen LogP contribution in [0.25, 0.3) is 11.1 Å². The minimum atomic E-state index is -0.440. The van der Waals surface area contributed by atoms with Crippen LogP contribution in [0.15, 0.2) is 21.3 Å². The lowest BCUT2D eigenvalue weighted by Gasteiger charge is -2.24. The standard InChI is InChI=1S/C14H19N3O2/c1-17(8-9-4-2-3-5-9)12-7-11-13(6-10(12)15)19-14(18)16-11/h6-7,9H,2-5,8,15H2,1H3,(H,16,18). The van der Waals surface area contributed by atoms with E-state index >= 15 is 0 Å². The second kappa shape index (κ2) is 4.64. The van der Waals surface area contributed by atoms with E-state index in [1.54, 1.807) is 6.07 Å². The molecule has 1 aromatic heterocycles. The molecule has 3 rings (SSSR count). The Morgan fingerprint density at radius 3 is 2.89 bits per heavy atom. The number of H-pyrrole nitrogens is 1. The number of hydrogen-bond acceptors (Lipinski definition) is 4. The molecule has 1 heterocycles. The summed E-state index contributed by atoms with van der Waals surface area (Å²) in [5, 5.41) is 0. The predicted molar refractivity (Wildman–Crippen MR) is 76.5 cm³/mol. The number of nitrogens with zero attached hydrogens (tertiary/aromatic N) is 1. The minimum Gasteiger partial charge on any atom is -0.408 e. The molecule has 0 amide bonds. The quantitative estimate of drug-likeness (QED) is 0.831. The Hall–Kier alpha value is -1.91. The van der Waals surface area contributed by atoms with Gasteiger partial charge in [-0.15, -0.1) is 0 Å². The van der Waals surface area contributed by atoms with Gasteiger partial charge in [0.05, 0.1) is 16.9 Å². The number of rotatable bonds is 3. The Morgan fingerprint density at radius 1 is 1.42 bits per heavy atom. The third-order valence-corrected chi connectivity index (χ3v) is 3.99. The van der Waals surface area contributed by atoms with Crippen molar-refractivity contribution in [3.05, 3.63) is 22.7 Å². The van der Waals surface area contributed by atoms with Crippen LogP contribution < -0.4 is 16.4 Å². The molecule has 19 heavy (non-hydrogen) atoms. The fourth-order valence-electron chi connectivity index (χ4n) is 3.01. The first-order valence-corrected chi connectivity index (χ1v) is 6.77. The van der Waals surface area contributed by atoms with Crippen molar-refractivity contribution in [2.75, 3.05) is 24.2 Å². The van der Waals surface area contributed by atoms with E-state index in [0.29, 0.717) is 16.8 Å². The Balaban J connectivity index is 1.89. The van der Waals surface area contributed by atoms with E-state index in [9.17, 15) is 4.79 Å². The summed E-state index contributed by atoms with van der Waals surface area (Å²) < 4.78 is 5.01. The van der Waals surface area contributed by atoms with Crippen LogP contribution in [-0.4, -0.2) is 18.6 Å². The number of fused-ring (bicyclic) bond motifs is 1. The van der Waals surface area contributed by atoms with Crippen LogP contribution in [0.5, 0.6) is 0 Å². The summed E-state index contributed by atoms with van der Waals surface area (Å²) in [6, 6.07) is 3.61. The van der Waals surface area contributed by atoms with E-state index in [-0.39, 0.29) is 0 Å². The number of hydrogen-bond donors (Lipinski definition) is 2. The summed E-state index contributed by atoms with van der Waals surface area (Å²) in [4.78, 5) is 16.0. The van der Waals surface area contributed by atoms with Crippen LogP contribution in [-0.2, 0) is 0 Å². The van der Waals surface area contributed by atoms with Crippen LogP contribution in [0.1, 0.15) is 25.7 Å². The number of benzene rings is 1. The van der Waals surface area contributed by atoms with E-state index in [2.05, 4.69) is 9.88 Å². The molecule has 0 aliphatic heterocycles. The molecular weight excluding hydrogens is 242 g/mol. The molecule has 1 aromatic carbocycles. The van der Waals surface area contributed by atoms with Crippen LogP contribution >= 0.6 is 0 Å². The first-order valence-electron chi connectivity index (χ1n) is 6.77. The van der Waals surface area contributed by atoms with E-state index in [1.807, 2.05) is 13.1 Å². The smallest absolute Gasteiger partial charge is 0.408 e. The Morgan fingerprint density at radius 2 is 2.16 bits per heavy atom. The van der Waals surface area contributed by atoms with Crippen molar-refractivity contribution in [3.8, 4) is 0 Å². The molecule has 0 radical (unpaired) electrons. The number of aromatic amines is 1. The lowest BCUT2D eigenvalue weighted by molar-refractivity contribution is 0.547. The molecule has 1 aliphatic rings. The van der Waals surface area contributed by atoms with Crippen LogP contribution in [0.3, 0.4) is 0 Å². The topological polar surface area (TPSA) is 75.3 Å². The molecule has 0 saturated heterocycles. The average Bonchev–Trinajstić information content (AvgIpc) is 2.96. The molecule has 0 bridgehead atoms. The van der Waals surface area contributed by atoms with E-state index in [0.717, 1.165) is 18.2 Å². The van der Waals surface area contributed by atoms with Crippen molar-refractivity contribution in [2.24, 2.45) is 5.92 Å². The van der Waals surface area contributed by atoms with E-state index in [1.165, 1.54) is 25.7 Å². The van der Waals surface area contributed by atoms with Gasteiger partial charge in [-0.05, 0) is 24.8 Å². The van der Waals surface area contributed by atoms with Gasteiger partial charge >= 0.3 is 5.76 Å². The van der Waals surface area contributed by atoms with Gasteiger partial charge in [0.15, 0.2) is 5.58 Å². The zero-order valence-electron chi connectivity index (χ0n) is 11.1. The van der Waals surface area contributed by atoms with Crippen molar-refractivity contribution in [1.29, 1.82) is 0 Å². The summed E-state index contributed by atoms with van der Waals surface area (Å²) in [5.41, 5.74) is 8.87. The molecule has 3 N–H and O–H groups in total. The zero-order chi connectivity index (χ0) is 13.4. The number of nitrogen functional groups attached to an aromatic ring is 1. The number of nitrogens with two attached hydrogens (primary N) is 1. The van der Waals surface area contributed by atoms with Gasteiger partial charge in [0.1, 0.15) is 0 Å². The summed E-state index contributed by atoms with van der Waals surface area (Å²) in [7, 11) is 2.05. The van der Waals surface area contributed by atoms with Gasteiger partial charge in [0.25, 0.3) is 0 Å². The lowest BCUT2D eigenvalue weighted by atomic mass is 10.1. The van der Waals surface area contributed by atoms with Gasteiger partial charge in [-0.2, -0.15) is 0 Å². The van der Waals surface area contributed by atoms with Crippen LogP contribution in [0.4, 0.5) is 11.4 Å². The van der Waals surface area contributed by atoms with Gasteiger partial charge in [0.2, 0.25) is 0 Å². The van der Waals surface area contributed by atoms with Crippen molar-refractivity contribution in [1.82, 2.24) is 4.98 Å². The molecular formula is C14H19N3O2. The van der Waals surface area contributed by atoms with Crippen LogP contribution in [0.2, 0.25) is 0 Å². The van der Waals surface area contributed by atoms with Gasteiger partial charge in [-0.25, -0.2) is 4.79 Å². The summed E-state index contributed by atoms with van der Waals surface area (Å²) in [6.45, 7) is 1.01. The Kier molecular flexibility index (Phi) is 2.97. The second-order valence-corrected chi connectivity index (χ2v) is 5.45. The van der Waals surface area contributed by atoms with Gasteiger partial charge in [-0.3, -0.25) is 4.98 Å². The molecule has 1 saturated carbocycles. The highest BCUT2D eigenvalue weighted by atomic mass is 16.4. The molecule has 0 spiro atoms. The maximum Gasteiger partial charge on any atom is 0.417 e. The molecule has 5 heteroatoms. The predicted octanol–water partition coefficient (Wildman–Crippen LogP) is 2.33. The Labute approximate surface area is 111 Å². The van der Waals surface area contributed by atoms with Crippen molar-refractivity contribution in [3.63, 3.8) is 0 Å². The first-order chi connectivity index (χ1) is 9.13. The fraction of sp³-hybridized carbons (Fsp3) is 0.500. The summed E-state index contributed by atoms with van der Waals surface area (Å²) in [5.74, 6) is 0.313. The number of nitrogens with one attached hydrogen (secondary N) is 1. The summed E-state index contributed by atoms with van der Waals surface area (Å²) in [6.07, 6.45) is 5.27. The molecule has 1 fully saturated rings. The van der Waals surface area contributed by atoms with Gasteiger partial charge in [0, 0.05) is 19.7 Å². The SMILES string of the molecule is CN(CC1CCCC1)c1cc2[nH]c(=O)oc2cc1N. The first kappa shape index (κ1) is 12.1. The monoisotopic (exact) mass is 261 g/mol. The largest absolute Gasteiger partial charge is 0.417 e. The molecule has 0 unspecified atom stereocenters. The second-order valence-electron chi connectivity index (χ2n) is 5.45.